The summed E-state index contributed by atoms with van der Waals surface area (Å²) in [6.45, 7) is 5.35. The third kappa shape index (κ3) is 3.93. The molecule has 1 saturated carbocycles. The predicted octanol–water partition coefficient (Wildman–Crippen LogP) is 3.93. The van der Waals surface area contributed by atoms with E-state index in [-0.39, 0.29) is 11.6 Å². The number of rotatable bonds is 3. The Morgan fingerprint density at radius 1 is 1.26 bits per heavy atom. The second kappa shape index (κ2) is 5.49. The molecule has 2 nitrogen and oxygen atoms in total. The Kier molecular flexibility index (Phi) is 4.14. The third-order valence-corrected chi connectivity index (χ3v) is 4.31. The minimum atomic E-state index is -0.367. The van der Waals surface area contributed by atoms with Crippen LogP contribution in [0.1, 0.15) is 45.1 Å². The number of phenolic OH excluding ortho intramolecular Hbond substituents is 1. The molecular weight excluding hydrogens is 241 g/mol. The van der Waals surface area contributed by atoms with Crippen LogP contribution in [-0.2, 0) is 6.54 Å². The molecule has 0 bridgehead atoms. The highest BCUT2D eigenvalue weighted by Crippen LogP contribution is 2.36. The van der Waals surface area contributed by atoms with Gasteiger partial charge in [-0.25, -0.2) is 4.39 Å². The number of phenols is 1. The number of aromatic hydroxyl groups is 1. The highest BCUT2D eigenvalue weighted by Gasteiger charge is 2.28. The van der Waals surface area contributed by atoms with Gasteiger partial charge in [-0.05, 0) is 55.8 Å². The van der Waals surface area contributed by atoms with Crippen LogP contribution >= 0.6 is 0 Å². The van der Waals surface area contributed by atoms with Gasteiger partial charge in [-0.1, -0.05) is 13.8 Å². The van der Waals surface area contributed by atoms with Gasteiger partial charge in [0, 0.05) is 18.7 Å². The molecule has 1 aromatic rings. The average molecular weight is 265 g/mol. The van der Waals surface area contributed by atoms with Crippen LogP contribution in [0.25, 0.3) is 0 Å². The van der Waals surface area contributed by atoms with Gasteiger partial charge < -0.3 is 5.11 Å². The molecule has 19 heavy (non-hydrogen) atoms. The zero-order valence-corrected chi connectivity index (χ0v) is 12.1. The van der Waals surface area contributed by atoms with Crippen LogP contribution in [-0.4, -0.2) is 23.1 Å². The molecule has 1 aromatic carbocycles. The van der Waals surface area contributed by atoms with E-state index in [1.54, 1.807) is 6.07 Å². The van der Waals surface area contributed by atoms with Gasteiger partial charge in [0.05, 0.1) is 0 Å². The van der Waals surface area contributed by atoms with E-state index in [4.69, 9.17) is 0 Å². The molecule has 0 saturated heterocycles. The first kappa shape index (κ1) is 14.3. The summed E-state index contributed by atoms with van der Waals surface area (Å²) in [5.41, 5.74) is 1.30. The van der Waals surface area contributed by atoms with Gasteiger partial charge in [-0.2, -0.15) is 0 Å². The Bertz CT molecular complexity index is 414. The minimum Gasteiger partial charge on any atom is -0.508 e. The first-order valence-electron chi connectivity index (χ1n) is 7.04. The van der Waals surface area contributed by atoms with Crippen LogP contribution in [0.15, 0.2) is 18.2 Å². The first-order chi connectivity index (χ1) is 8.85. The van der Waals surface area contributed by atoms with Crippen molar-refractivity contribution in [2.45, 2.75) is 52.1 Å². The summed E-state index contributed by atoms with van der Waals surface area (Å²) in [5.74, 6) is -0.360. The van der Waals surface area contributed by atoms with Crippen molar-refractivity contribution < 1.29 is 9.50 Å². The van der Waals surface area contributed by atoms with Gasteiger partial charge >= 0.3 is 0 Å². The number of hydrogen-bond acceptors (Lipinski definition) is 2. The Morgan fingerprint density at radius 3 is 2.47 bits per heavy atom. The van der Waals surface area contributed by atoms with E-state index in [2.05, 4.69) is 25.8 Å². The Morgan fingerprint density at radius 2 is 1.89 bits per heavy atom. The summed E-state index contributed by atoms with van der Waals surface area (Å²) in [6, 6.07) is 4.86. The fourth-order valence-corrected chi connectivity index (χ4v) is 2.97. The van der Waals surface area contributed by atoms with Crippen molar-refractivity contribution in [1.82, 2.24) is 4.90 Å². The first-order valence-corrected chi connectivity index (χ1v) is 7.04. The van der Waals surface area contributed by atoms with Crippen LogP contribution in [0.2, 0.25) is 0 Å². The monoisotopic (exact) mass is 265 g/mol. The van der Waals surface area contributed by atoms with Crippen molar-refractivity contribution in [3.05, 3.63) is 29.6 Å². The van der Waals surface area contributed by atoms with E-state index in [9.17, 15) is 9.50 Å². The normalized spacial score (nSPS) is 19.8. The van der Waals surface area contributed by atoms with Crippen LogP contribution < -0.4 is 0 Å². The quantitative estimate of drug-likeness (QED) is 0.895. The maximum Gasteiger partial charge on any atom is 0.127 e. The van der Waals surface area contributed by atoms with Crippen molar-refractivity contribution in [2.75, 3.05) is 7.05 Å². The van der Waals surface area contributed by atoms with Gasteiger partial charge in [-0.3, -0.25) is 4.90 Å². The van der Waals surface area contributed by atoms with Crippen LogP contribution in [0, 0.1) is 11.2 Å². The Labute approximate surface area is 115 Å². The van der Waals surface area contributed by atoms with E-state index in [1.807, 2.05) is 0 Å². The summed E-state index contributed by atoms with van der Waals surface area (Å²) in [5, 5.41) is 9.43. The third-order valence-electron chi connectivity index (χ3n) is 4.31. The molecule has 1 aliphatic rings. The summed E-state index contributed by atoms with van der Waals surface area (Å²) >= 11 is 0. The van der Waals surface area contributed by atoms with E-state index in [1.165, 1.54) is 31.7 Å². The van der Waals surface area contributed by atoms with E-state index >= 15 is 0 Å². The molecule has 3 heteroatoms. The second-order valence-corrected chi connectivity index (χ2v) is 6.63. The number of halogens is 1. The highest BCUT2D eigenvalue weighted by atomic mass is 19.1. The summed E-state index contributed by atoms with van der Waals surface area (Å²) < 4.78 is 13.2. The molecule has 1 N–H and O–H groups in total. The molecule has 0 aromatic heterocycles. The standard InChI is InChI=1S/C16H24FNO/c1-16(2)6-4-14(5-7-16)18(3)11-12-8-13(17)10-15(19)9-12/h8-10,14,19H,4-7,11H2,1-3H3. The lowest BCUT2D eigenvalue weighted by Crippen LogP contribution is -2.36. The molecule has 106 valence electrons. The topological polar surface area (TPSA) is 23.5 Å². The van der Waals surface area contributed by atoms with E-state index in [0.717, 1.165) is 11.6 Å². The molecule has 0 unspecified atom stereocenters. The molecule has 0 spiro atoms. The fraction of sp³-hybridized carbons (Fsp3) is 0.625. The molecule has 0 heterocycles. The summed E-state index contributed by atoms with van der Waals surface area (Å²) in [6.07, 6.45) is 4.89. The molecule has 1 fully saturated rings. The number of nitrogens with zero attached hydrogens (tertiary/aromatic N) is 1. The Balaban J connectivity index is 1.96. The predicted molar refractivity (Wildman–Crippen MR) is 75.6 cm³/mol. The van der Waals surface area contributed by atoms with Crippen molar-refractivity contribution >= 4 is 0 Å². The zero-order valence-electron chi connectivity index (χ0n) is 12.1. The van der Waals surface area contributed by atoms with Gasteiger partial charge in [-0.15, -0.1) is 0 Å². The largest absolute Gasteiger partial charge is 0.508 e. The van der Waals surface area contributed by atoms with E-state index < -0.39 is 0 Å². The molecule has 0 radical (unpaired) electrons. The van der Waals surface area contributed by atoms with Gasteiger partial charge in [0.2, 0.25) is 0 Å². The summed E-state index contributed by atoms with van der Waals surface area (Å²) in [7, 11) is 2.09. The lowest BCUT2D eigenvalue weighted by atomic mass is 9.75. The van der Waals surface area contributed by atoms with Gasteiger partial charge in [0.1, 0.15) is 11.6 Å². The smallest absolute Gasteiger partial charge is 0.127 e. The molecule has 2 rings (SSSR count). The minimum absolute atomic E-state index is 0.00757. The zero-order chi connectivity index (χ0) is 14.0. The molecule has 1 aliphatic carbocycles. The van der Waals surface area contributed by atoms with Crippen LogP contribution in [0.4, 0.5) is 4.39 Å². The average Bonchev–Trinajstić information content (AvgIpc) is 2.26. The number of benzene rings is 1. The van der Waals surface area contributed by atoms with Crippen molar-refractivity contribution in [2.24, 2.45) is 5.41 Å². The maximum absolute atomic E-state index is 13.2. The highest BCUT2D eigenvalue weighted by molar-refractivity contribution is 5.28. The van der Waals surface area contributed by atoms with Crippen LogP contribution in [0.5, 0.6) is 5.75 Å². The molecule has 0 amide bonds. The van der Waals surface area contributed by atoms with Crippen molar-refractivity contribution in [3.63, 3.8) is 0 Å². The van der Waals surface area contributed by atoms with Gasteiger partial charge in [0.25, 0.3) is 0 Å². The molecule has 0 aliphatic heterocycles. The SMILES string of the molecule is CN(Cc1cc(O)cc(F)c1)C1CCC(C)(C)CC1. The fourth-order valence-electron chi connectivity index (χ4n) is 2.97. The lowest BCUT2D eigenvalue weighted by Gasteiger charge is -2.38. The molecule has 0 atom stereocenters. The number of hydrogen-bond donors (Lipinski definition) is 1. The maximum atomic E-state index is 13.2. The van der Waals surface area contributed by atoms with Crippen molar-refractivity contribution in [1.29, 1.82) is 0 Å². The van der Waals surface area contributed by atoms with Gasteiger partial charge in [0.15, 0.2) is 0 Å². The Hall–Kier alpha value is -1.09. The lowest BCUT2D eigenvalue weighted by molar-refractivity contribution is 0.123. The summed E-state index contributed by atoms with van der Waals surface area (Å²) in [4.78, 5) is 2.28. The van der Waals surface area contributed by atoms with Crippen LogP contribution in [0.3, 0.4) is 0 Å². The molecular formula is C16H24FNO. The van der Waals surface area contributed by atoms with E-state index in [0.29, 0.717) is 18.0 Å². The van der Waals surface area contributed by atoms with Crippen molar-refractivity contribution in [3.8, 4) is 5.75 Å². The second-order valence-electron chi connectivity index (χ2n) is 6.63.